The molecule has 0 aromatic heterocycles. The van der Waals surface area contributed by atoms with Gasteiger partial charge in [-0.05, 0) is 122 Å². The van der Waals surface area contributed by atoms with Gasteiger partial charge in [0.25, 0.3) is 0 Å². The van der Waals surface area contributed by atoms with E-state index in [4.69, 9.17) is 14.2 Å². The van der Waals surface area contributed by atoms with Crippen molar-refractivity contribution in [3.63, 3.8) is 0 Å². The number of ether oxygens (including phenoxy) is 3. The highest BCUT2D eigenvalue weighted by atomic mass is 16.6. The standard InChI is InChI=1S/C57H94O5/c1-4-7-10-13-16-19-22-25-28-31-34-37-40-43-46-49-52-60-53-55(62-57(59)51-48-45-42-39-36-33-30-27-24-21-18-15-12-9-6-3)54-61-56(58)50-47-44-41-38-35-32-29-26-23-20-17-14-11-8-5-2/h8-9,11-12,16-21,25-30,35,38,55H,4-7,10,13-15,22-24,31-34,36-37,39-54H2,1-3H3/b11-8-,12-9-,19-16-,20-17-,21-18-,28-25-,29-26-,30-27-,38-35-. The van der Waals surface area contributed by atoms with Crippen molar-refractivity contribution in [2.75, 3.05) is 19.8 Å². The average molecular weight is 859 g/mol. The maximum Gasteiger partial charge on any atom is 0.306 e. The van der Waals surface area contributed by atoms with E-state index in [9.17, 15) is 9.59 Å². The second-order valence-corrected chi connectivity index (χ2v) is 16.3. The van der Waals surface area contributed by atoms with Crippen molar-refractivity contribution in [3.05, 3.63) is 109 Å². The van der Waals surface area contributed by atoms with Crippen LogP contribution < -0.4 is 0 Å². The maximum atomic E-state index is 12.8. The van der Waals surface area contributed by atoms with Gasteiger partial charge in [-0.3, -0.25) is 9.59 Å². The molecule has 0 fully saturated rings. The molecule has 0 aliphatic carbocycles. The molecular formula is C57H94O5. The molecule has 0 aromatic carbocycles. The molecule has 1 atom stereocenters. The number of allylic oxidation sites excluding steroid dienone is 18. The molecule has 0 heterocycles. The smallest absolute Gasteiger partial charge is 0.306 e. The Hall–Kier alpha value is -3.44. The Morgan fingerprint density at radius 3 is 1.19 bits per heavy atom. The number of unbranched alkanes of at least 4 members (excludes halogenated alkanes) is 16. The lowest BCUT2D eigenvalue weighted by atomic mass is 10.1. The second kappa shape index (κ2) is 51.9. The highest BCUT2D eigenvalue weighted by Crippen LogP contribution is 2.12. The van der Waals surface area contributed by atoms with Crippen LogP contribution >= 0.6 is 0 Å². The van der Waals surface area contributed by atoms with E-state index in [1.165, 1.54) is 64.2 Å². The predicted molar refractivity (Wildman–Crippen MR) is 269 cm³/mol. The Morgan fingerprint density at radius 1 is 0.371 bits per heavy atom. The Kier molecular flexibility index (Phi) is 49.0. The molecule has 0 N–H and O–H groups in total. The largest absolute Gasteiger partial charge is 0.462 e. The van der Waals surface area contributed by atoms with Crippen LogP contribution in [0.2, 0.25) is 0 Å². The number of carbonyl (C=O) groups excluding carboxylic acids is 2. The van der Waals surface area contributed by atoms with Crippen molar-refractivity contribution >= 4 is 11.9 Å². The third-order valence-electron chi connectivity index (χ3n) is 10.3. The Balaban J connectivity index is 4.41. The summed E-state index contributed by atoms with van der Waals surface area (Å²) in [4.78, 5) is 25.4. The zero-order valence-corrected chi connectivity index (χ0v) is 40.3. The lowest BCUT2D eigenvalue weighted by molar-refractivity contribution is -0.163. The fraction of sp³-hybridized carbons (Fsp3) is 0.649. The summed E-state index contributed by atoms with van der Waals surface area (Å²) in [6.07, 6.45) is 70.9. The van der Waals surface area contributed by atoms with E-state index in [0.717, 1.165) is 116 Å². The van der Waals surface area contributed by atoms with Gasteiger partial charge in [0.1, 0.15) is 6.61 Å². The first-order valence-electron chi connectivity index (χ1n) is 25.4. The zero-order chi connectivity index (χ0) is 44.9. The van der Waals surface area contributed by atoms with Crippen LogP contribution in [0.15, 0.2) is 109 Å². The number of hydrogen-bond acceptors (Lipinski definition) is 5. The van der Waals surface area contributed by atoms with Crippen LogP contribution in [0, 0.1) is 0 Å². The van der Waals surface area contributed by atoms with Crippen LogP contribution in [-0.2, 0) is 23.8 Å². The summed E-state index contributed by atoms with van der Waals surface area (Å²) < 4.78 is 17.3. The molecule has 0 aliphatic rings. The van der Waals surface area contributed by atoms with E-state index in [-0.39, 0.29) is 25.2 Å². The molecule has 0 amide bonds. The first kappa shape index (κ1) is 58.6. The molecule has 0 rings (SSSR count). The van der Waals surface area contributed by atoms with Gasteiger partial charge < -0.3 is 14.2 Å². The molecule has 0 aliphatic heterocycles. The Labute approximate surface area is 383 Å². The predicted octanol–water partition coefficient (Wildman–Crippen LogP) is 17.2. The van der Waals surface area contributed by atoms with Gasteiger partial charge in [-0.1, -0.05) is 188 Å². The van der Waals surface area contributed by atoms with Gasteiger partial charge >= 0.3 is 11.9 Å². The Morgan fingerprint density at radius 2 is 0.726 bits per heavy atom. The van der Waals surface area contributed by atoms with Gasteiger partial charge in [0.15, 0.2) is 6.10 Å². The number of rotatable bonds is 45. The van der Waals surface area contributed by atoms with Crippen molar-refractivity contribution in [2.24, 2.45) is 0 Å². The van der Waals surface area contributed by atoms with E-state index >= 15 is 0 Å². The number of hydrogen-bond donors (Lipinski definition) is 0. The van der Waals surface area contributed by atoms with Gasteiger partial charge in [-0.25, -0.2) is 0 Å². The van der Waals surface area contributed by atoms with Crippen LogP contribution in [-0.4, -0.2) is 37.9 Å². The molecule has 0 saturated heterocycles. The first-order chi connectivity index (χ1) is 30.6. The van der Waals surface area contributed by atoms with Gasteiger partial charge in [0.05, 0.1) is 6.61 Å². The minimum atomic E-state index is -0.574. The quantitative estimate of drug-likeness (QED) is 0.0347. The third kappa shape index (κ3) is 49.2. The molecule has 5 heteroatoms. The molecule has 0 aromatic rings. The van der Waals surface area contributed by atoms with E-state index in [2.05, 4.69) is 130 Å². The van der Waals surface area contributed by atoms with E-state index in [1.54, 1.807) is 0 Å². The van der Waals surface area contributed by atoms with Crippen LogP contribution in [0.25, 0.3) is 0 Å². The van der Waals surface area contributed by atoms with Crippen molar-refractivity contribution in [2.45, 2.75) is 219 Å². The molecule has 1 unspecified atom stereocenters. The SMILES string of the molecule is CC/C=C\C/C=C\C/C=C\C/C=C\CCCCC(=O)OCC(COCCCCCCCC/C=C\C/C=C\CCCCC)OC(=O)CCCCCCC/C=C\C/C=C\C/C=C\CC. The maximum absolute atomic E-state index is 12.8. The van der Waals surface area contributed by atoms with E-state index < -0.39 is 6.10 Å². The minimum absolute atomic E-state index is 0.0460. The number of carbonyl (C=O) groups is 2. The molecule has 5 nitrogen and oxygen atoms in total. The van der Waals surface area contributed by atoms with E-state index in [1.807, 2.05) is 0 Å². The highest BCUT2D eigenvalue weighted by molar-refractivity contribution is 5.70. The van der Waals surface area contributed by atoms with Crippen molar-refractivity contribution < 1.29 is 23.8 Å². The molecule has 62 heavy (non-hydrogen) atoms. The van der Waals surface area contributed by atoms with Gasteiger partial charge in [0.2, 0.25) is 0 Å². The van der Waals surface area contributed by atoms with Gasteiger partial charge in [0, 0.05) is 19.4 Å². The molecular weight excluding hydrogens is 765 g/mol. The Bertz CT molecular complexity index is 1250. The van der Waals surface area contributed by atoms with Crippen LogP contribution in [0.5, 0.6) is 0 Å². The van der Waals surface area contributed by atoms with Crippen LogP contribution in [0.3, 0.4) is 0 Å². The zero-order valence-electron chi connectivity index (χ0n) is 40.3. The van der Waals surface area contributed by atoms with Crippen LogP contribution in [0.4, 0.5) is 0 Å². The summed E-state index contributed by atoms with van der Waals surface area (Å²) in [5.41, 5.74) is 0. The normalized spacial score (nSPS) is 13.1. The highest BCUT2D eigenvalue weighted by Gasteiger charge is 2.17. The molecule has 0 radical (unpaired) electrons. The second-order valence-electron chi connectivity index (χ2n) is 16.3. The lowest BCUT2D eigenvalue weighted by Gasteiger charge is -2.18. The fourth-order valence-corrected chi connectivity index (χ4v) is 6.54. The van der Waals surface area contributed by atoms with Gasteiger partial charge in [-0.15, -0.1) is 0 Å². The summed E-state index contributed by atoms with van der Waals surface area (Å²) in [5, 5.41) is 0. The number of esters is 2. The van der Waals surface area contributed by atoms with Crippen molar-refractivity contribution in [1.29, 1.82) is 0 Å². The van der Waals surface area contributed by atoms with Crippen molar-refractivity contribution in [1.82, 2.24) is 0 Å². The molecule has 0 saturated carbocycles. The van der Waals surface area contributed by atoms with Gasteiger partial charge in [-0.2, -0.15) is 0 Å². The van der Waals surface area contributed by atoms with Crippen LogP contribution in [0.1, 0.15) is 213 Å². The first-order valence-corrected chi connectivity index (χ1v) is 25.4. The molecule has 0 bridgehead atoms. The monoisotopic (exact) mass is 859 g/mol. The summed E-state index contributed by atoms with van der Waals surface area (Å²) >= 11 is 0. The average Bonchev–Trinajstić information content (AvgIpc) is 3.27. The lowest BCUT2D eigenvalue weighted by Crippen LogP contribution is -2.30. The van der Waals surface area contributed by atoms with E-state index in [0.29, 0.717) is 19.4 Å². The summed E-state index contributed by atoms with van der Waals surface area (Å²) in [6.45, 7) is 7.48. The third-order valence-corrected chi connectivity index (χ3v) is 10.3. The topological polar surface area (TPSA) is 61.8 Å². The fourth-order valence-electron chi connectivity index (χ4n) is 6.54. The molecule has 352 valence electrons. The summed E-state index contributed by atoms with van der Waals surface area (Å²) in [5.74, 6) is -0.477. The minimum Gasteiger partial charge on any atom is -0.462 e. The summed E-state index contributed by atoms with van der Waals surface area (Å²) in [6, 6.07) is 0. The summed E-state index contributed by atoms with van der Waals surface area (Å²) in [7, 11) is 0. The van der Waals surface area contributed by atoms with Crippen molar-refractivity contribution in [3.8, 4) is 0 Å². The molecule has 0 spiro atoms.